The molecule has 0 aromatic heterocycles. The standard InChI is InChI=1S/C30H44O8/c1-7-9-23(31)35-13-21(3)11-25(33)37-29-16-27(5)15-28(6,17-29)19-30(18-27,20-29)38-26(34)12-22(4)14-36-24(32)10-8-2/h7-10,21-22H,11-20H2,1-6H3. The first-order chi connectivity index (χ1) is 17.7. The largest absolute Gasteiger partial charge is 0.462 e. The van der Waals surface area contributed by atoms with Gasteiger partial charge in [-0.1, -0.05) is 39.8 Å². The molecule has 4 aliphatic carbocycles. The Labute approximate surface area is 226 Å². The van der Waals surface area contributed by atoms with Gasteiger partial charge in [0.25, 0.3) is 0 Å². The van der Waals surface area contributed by atoms with Gasteiger partial charge in [-0.3, -0.25) is 9.59 Å². The number of hydrogen-bond donors (Lipinski definition) is 0. The Morgan fingerprint density at radius 2 is 1.03 bits per heavy atom. The van der Waals surface area contributed by atoms with Gasteiger partial charge in [-0.05, 0) is 56.8 Å². The molecule has 0 N–H and O–H groups in total. The lowest BCUT2D eigenvalue weighted by molar-refractivity contribution is -0.267. The van der Waals surface area contributed by atoms with Crippen LogP contribution in [0.4, 0.5) is 0 Å². The molecule has 0 aliphatic heterocycles. The van der Waals surface area contributed by atoms with Crippen LogP contribution in [-0.2, 0) is 38.1 Å². The Morgan fingerprint density at radius 1 is 0.658 bits per heavy atom. The van der Waals surface area contributed by atoms with Crippen molar-refractivity contribution in [1.29, 1.82) is 0 Å². The van der Waals surface area contributed by atoms with E-state index in [0.29, 0.717) is 6.42 Å². The maximum atomic E-state index is 13.0. The molecule has 38 heavy (non-hydrogen) atoms. The zero-order chi connectivity index (χ0) is 28.2. The molecular weight excluding hydrogens is 488 g/mol. The minimum atomic E-state index is -0.676. The minimum Gasteiger partial charge on any atom is -0.462 e. The van der Waals surface area contributed by atoms with E-state index in [-0.39, 0.29) is 60.7 Å². The monoisotopic (exact) mass is 532 g/mol. The molecule has 4 fully saturated rings. The number of hydrogen-bond acceptors (Lipinski definition) is 8. The second-order valence-electron chi connectivity index (χ2n) is 12.9. The summed E-state index contributed by atoms with van der Waals surface area (Å²) in [5.41, 5.74) is -1.54. The second-order valence-corrected chi connectivity index (χ2v) is 12.9. The van der Waals surface area contributed by atoms with Crippen LogP contribution in [0, 0.1) is 22.7 Å². The molecule has 4 saturated carbocycles. The van der Waals surface area contributed by atoms with Crippen molar-refractivity contribution in [1.82, 2.24) is 0 Å². The molecule has 4 rings (SSSR count). The van der Waals surface area contributed by atoms with E-state index in [1.807, 2.05) is 13.8 Å². The molecule has 4 bridgehead atoms. The molecule has 212 valence electrons. The molecule has 2 unspecified atom stereocenters. The maximum absolute atomic E-state index is 13.0. The third kappa shape index (κ3) is 7.70. The molecule has 0 heterocycles. The van der Waals surface area contributed by atoms with Gasteiger partial charge in [-0.2, -0.15) is 0 Å². The third-order valence-corrected chi connectivity index (χ3v) is 7.81. The highest BCUT2D eigenvalue weighted by Crippen LogP contribution is 2.69. The van der Waals surface area contributed by atoms with Gasteiger partial charge < -0.3 is 18.9 Å². The Balaban J connectivity index is 1.63. The van der Waals surface area contributed by atoms with Gasteiger partial charge in [0.2, 0.25) is 0 Å². The highest BCUT2D eigenvalue weighted by Gasteiger charge is 2.68. The minimum absolute atomic E-state index is 0.0919. The smallest absolute Gasteiger partial charge is 0.330 e. The predicted octanol–water partition coefficient (Wildman–Crippen LogP) is 5.24. The molecule has 8 heteroatoms. The predicted molar refractivity (Wildman–Crippen MR) is 141 cm³/mol. The first-order valence-electron chi connectivity index (χ1n) is 13.8. The molecule has 0 aromatic carbocycles. The zero-order valence-corrected chi connectivity index (χ0v) is 23.8. The van der Waals surface area contributed by atoms with E-state index in [2.05, 4.69) is 13.8 Å². The van der Waals surface area contributed by atoms with Gasteiger partial charge in [0, 0.05) is 30.4 Å². The number of carbonyl (C=O) groups is 4. The average Bonchev–Trinajstić information content (AvgIpc) is 2.73. The Bertz CT molecular complexity index is 889. The number of rotatable bonds is 12. The Kier molecular flexibility index (Phi) is 9.15. The van der Waals surface area contributed by atoms with E-state index in [9.17, 15) is 19.2 Å². The van der Waals surface area contributed by atoms with Crippen LogP contribution in [0.15, 0.2) is 24.3 Å². The number of allylic oxidation sites excluding steroid dienone is 2. The van der Waals surface area contributed by atoms with Crippen LogP contribution in [-0.4, -0.2) is 48.3 Å². The summed E-state index contributed by atoms with van der Waals surface area (Å²) in [4.78, 5) is 49.3. The summed E-state index contributed by atoms with van der Waals surface area (Å²) in [6.07, 6.45) is 10.7. The van der Waals surface area contributed by atoms with Crippen molar-refractivity contribution in [2.24, 2.45) is 22.7 Å². The number of carbonyl (C=O) groups excluding carboxylic acids is 4. The van der Waals surface area contributed by atoms with E-state index in [0.717, 1.165) is 32.1 Å². The van der Waals surface area contributed by atoms with Crippen molar-refractivity contribution in [2.75, 3.05) is 13.2 Å². The number of esters is 4. The summed E-state index contributed by atoms with van der Waals surface area (Å²) < 4.78 is 22.8. The molecule has 2 atom stereocenters. The van der Waals surface area contributed by atoms with Crippen molar-refractivity contribution in [2.45, 2.75) is 104 Å². The van der Waals surface area contributed by atoms with Crippen LogP contribution in [0.3, 0.4) is 0 Å². The highest BCUT2D eigenvalue weighted by atomic mass is 16.6. The van der Waals surface area contributed by atoms with Crippen molar-refractivity contribution in [3.8, 4) is 0 Å². The van der Waals surface area contributed by atoms with E-state index in [4.69, 9.17) is 18.9 Å². The van der Waals surface area contributed by atoms with Gasteiger partial charge in [0.1, 0.15) is 11.2 Å². The molecule has 4 aliphatic rings. The van der Waals surface area contributed by atoms with Crippen LogP contribution in [0.25, 0.3) is 0 Å². The Hall–Kier alpha value is -2.64. The summed E-state index contributed by atoms with van der Waals surface area (Å²) in [6, 6.07) is 0. The van der Waals surface area contributed by atoms with E-state index in [1.54, 1.807) is 26.0 Å². The second kappa shape index (κ2) is 11.6. The topological polar surface area (TPSA) is 105 Å². The normalized spacial score (nSPS) is 33.2. The third-order valence-electron chi connectivity index (χ3n) is 7.81. The molecule has 0 radical (unpaired) electrons. The van der Waals surface area contributed by atoms with Crippen molar-refractivity contribution >= 4 is 23.9 Å². The first kappa shape index (κ1) is 29.9. The van der Waals surface area contributed by atoms with Crippen LogP contribution in [0.2, 0.25) is 0 Å². The average molecular weight is 533 g/mol. The molecule has 8 nitrogen and oxygen atoms in total. The van der Waals surface area contributed by atoms with E-state index < -0.39 is 23.1 Å². The fourth-order valence-electron chi connectivity index (χ4n) is 7.77. The summed E-state index contributed by atoms with van der Waals surface area (Å²) in [7, 11) is 0. The zero-order valence-electron chi connectivity index (χ0n) is 23.8. The molecular formula is C30H44O8. The van der Waals surface area contributed by atoms with Gasteiger partial charge in [-0.15, -0.1) is 0 Å². The SMILES string of the molecule is CC=CC(=O)OCC(C)CC(=O)OC12CC3(C)CC(C)(C1)CC(OC(=O)CC(C)COC(=O)C=CC)(C3)C2. The summed E-state index contributed by atoms with van der Waals surface area (Å²) in [5, 5.41) is 0. The van der Waals surface area contributed by atoms with Crippen LogP contribution < -0.4 is 0 Å². The fourth-order valence-corrected chi connectivity index (χ4v) is 7.77. The quantitative estimate of drug-likeness (QED) is 0.191. The lowest BCUT2D eigenvalue weighted by Crippen LogP contribution is -2.67. The van der Waals surface area contributed by atoms with Crippen molar-refractivity contribution < 1.29 is 38.1 Å². The van der Waals surface area contributed by atoms with Gasteiger partial charge >= 0.3 is 23.9 Å². The lowest BCUT2D eigenvalue weighted by atomic mass is 9.42. The fraction of sp³-hybridized carbons (Fsp3) is 0.733. The Morgan fingerprint density at radius 3 is 1.37 bits per heavy atom. The highest BCUT2D eigenvalue weighted by molar-refractivity contribution is 5.82. The van der Waals surface area contributed by atoms with Crippen molar-refractivity contribution in [3.63, 3.8) is 0 Å². The molecule has 0 saturated heterocycles. The van der Waals surface area contributed by atoms with Gasteiger partial charge in [-0.25, -0.2) is 9.59 Å². The number of ether oxygens (including phenoxy) is 4. The summed E-state index contributed by atoms with van der Waals surface area (Å²) >= 11 is 0. The summed E-state index contributed by atoms with van der Waals surface area (Å²) in [6.45, 7) is 11.9. The van der Waals surface area contributed by atoms with Crippen LogP contribution >= 0.6 is 0 Å². The first-order valence-corrected chi connectivity index (χ1v) is 13.8. The lowest BCUT2D eigenvalue weighted by Gasteiger charge is -2.67. The van der Waals surface area contributed by atoms with Crippen LogP contribution in [0.5, 0.6) is 0 Å². The van der Waals surface area contributed by atoms with Gasteiger partial charge in [0.15, 0.2) is 0 Å². The molecule has 0 amide bonds. The van der Waals surface area contributed by atoms with E-state index >= 15 is 0 Å². The van der Waals surface area contributed by atoms with Crippen LogP contribution in [0.1, 0.15) is 92.9 Å². The molecule has 0 aromatic rings. The summed E-state index contributed by atoms with van der Waals surface area (Å²) in [5.74, 6) is -1.83. The maximum Gasteiger partial charge on any atom is 0.330 e. The van der Waals surface area contributed by atoms with E-state index in [1.165, 1.54) is 12.2 Å². The van der Waals surface area contributed by atoms with Crippen molar-refractivity contribution in [3.05, 3.63) is 24.3 Å². The molecule has 0 spiro atoms. The van der Waals surface area contributed by atoms with Gasteiger partial charge in [0.05, 0.1) is 26.1 Å².